The van der Waals surface area contributed by atoms with Crippen LogP contribution in [0.4, 0.5) is 5.69 Å². The molecule has 106 valence electrons. The fraction of sp³-hybridized carbons (Fsp3) is 0.667. The highest BCUT2D eigenvalue weighted by Gasteiger charge is 2.45. The number of halogens is 1. The standard InChI is InChI=1S/C12H18BrN3O2S/c1-3-19-9-4-5-12(9,18)7-14-8-6-15-16(2)11(17)10(8)13/h6,9,14,18H,3-5,7H2,1-2H3/t9-,12+/m1/s1. The van der Waals surface area contributed by atoms with Crippen LogP contribution in [0, 0.1) is 0 Å². The molecule has 1 saturated carbocycles. The summed E-state index contributed by atoms with van der Waals surface area (Å²) in [5.74, 6) is 1.00. The number of anilines is 1. The van der Waals surface area contributed by atoms with E-state index >= 15 is 0 Å². The minimum Gasteiger partial charge on any atom is -0.387 e. The van der Waals surface area contributed by atoms with Gasteiger partial charge in [0, 0.05) is 18.8 Å². The maximum atomic E-state index is 11.7. The molecule has 0 amide bonds. The molecule has 2 rings (SSSR count). The first-order valence-electron chi connectivity index (χ1n) is 6.27. The van der Waals surface area contributed by atoms with Crippen molar-refractivity contribution in [2.75, 3.05) is 17.6 Å². The van der Waals surface area contributed by atoms with Gasteiger partial charge in [0.2, 0.25) is 0 Å². The molecule has 0 radical (unpaired) electrons. The number of aliphatic hydroxyl groups is 1. The highest BCUT2D eigenvalue weighted by atomic mass is 79.9. The van der Waals surface area contributed by atoms with E-state index in [2.05, 4.69) is 33.3 Å². The van der Waals surface area contributed by atoms with Crippen LogP contribution >= 0.6 is 27.7 Å². The molecule has 1 aromatic heterocycles. The van der Waals surface area contributed by atoms with Gasteiger partial charge in [-0.2, -0.15) is 16.9 Å². The van der Waals surface area contributed by atoms with Crippen LogP contribution in [0.2, 0.25) is 0 Å². The summed E-state index contributed by atoms with van der Waals surface area (Å²) < 4.78 is 1.72. The summed E-state index contributed by atoms with van der Waals surface area (Å²) in [6.45, 7) is 2.54. The first-order valence-corrected chi connectivity index (χ1v) is 8.12. The second-order valence-electron chi connectivity index (χ2n) is 4.74. The molecule has 1 heterocycles. The van der Waals surface area contributed by atoms with Crippen LogP contribution < -0.4 is 10.9 Å². The van der Waals surface area contributed by atoms with Crippen molar-refractivity contribution in [3.8, 4) is 0 Å². The lowest BCUT2D eigenvalue weighted by Gasteiger charge is -2.45. The van der Waals surface area contributed by atoms with Crippen LogP contribution in [-0.2, 0) is 7.05 Å². The van der Waals surface area contributed by atoms with Crippen molar-refractivity contribution >= 4 is 33.4 Å². The summed E-state index contributed by atoms with van der Waals surface area (Å²) in [6, 6.07) is 0. The molecular formula is C12H18BrN3O2S. The lowest BCUT2D eigenvalue weighted by Crippen LogP contribution is -2.54. The van der Waals surface area contributed by atoms with Gasteiger partial charge in [-0.15, -0.1) is 0 Å². The van der Waals surface area contributed by atoms with Crippen molar-refractivity contribution in [2.45, 2.75) is 30.6 Å². The van der Waals surface area contributed by atoms with Crippen molar-refractivity contribution in [3.05, 3.63) is 21.0 Å². The van der Waals surface area contributed by atoms with Gasteiger partial charge >= 0.3 is 0 Å². The summed E-state index contributed by atoms with van der Waals surface area (Å²) in [4.78, 5) is 11.7. The number of hydrogen-bond donors (Lipinski definition) is 2. The third-order valence-corrected chi connectivity index (χ3v) is 5.65. The Balaban J connectivity index is 2.03. The summed E-state index contributed by atoms with van der Waals surface area (Å²) >= 11 is 5.05. The fourth-order valence-electron chi connectivity index (χ4n) is 2.12. The fourth-order valence-corrected chi connectivity index (χ4v) is 3.82. The molecule has 1 aliphatic carbocycles. The van der Waals surface area contributed by atoms with E-state index in [9.17, 15) is 9.90 Å². The Labute approximate surface area is 124 Å². The number of rotatable bonds is 5. The smallest absolute Gasteiger partial charge is 0.282 e. The topological polar surface area (TPSA) is 67.2 Å². The van der Waals surface area contributed by atoms with Gasteiger partial charge in [-0.1, -0.05) is 6.92 Å². The SMILES string of the molecule is CCS[C@@H]1CC[C@]1(O)CNc1cnn(C)c(=O)c1Br. The molecule has 2 N–H and O–H groups in total. The number of aryl methyl sites for hydroxylation is 1. The van der Waals surface area contributed by atoms with E-state index in [1.54, 1.807) is 25.0 Å². The Morgan fingerprint density at radius 1 is 1.74 bits per heavy atom. The maximum Gasteiger partial charge on any atom is 0.282 e. The lowest BCUT2D eigenvalue weighted by atomic mass is 9.79. The van der Waals surface area contributed by atoms with Crippen molar-refractivity contribution in [1.82, 2.24) is 9.78 Å². The Morgan fingerprint density at radius 3 is 3.05 bits per heavy atom. The van der Waals surface area contributed by atoms with E-state index in [0.29, 0.717) is 16.7 Å². The van der Waals surface area contributed by atoms with Gasteiger partial charge in [0.15, 0.2) is 0 Å². The molecule has 7 heteroatoms. The zero-order valence-electron chi connectivity index (χ0n) is 11.0. The minimum atomic E-state index is -0.679. The first-order chi connectivity index (χ1) is 8.98. The second-order valence-corrected chi connectivity index (χ2v) is 7.01. The third-order valence-electron chi connectivity index (χ3n) is 3.47. The van der Waals surface area contributed by atoms with Crippen LogP contribution in [0.3, 0.4) is 0 Å². The number of thioether (sulfide) groups is 1. The maximum absolute atomic E-state index is 11.7. The highest BCUT2D eigenvalue weighted by molar-refractivity contribution is 9.10. The van der Waals surface area contributed by atoms with Crippen LogP contribution in [-0.4, -0.2) is 38.0 Å². The zero-order valence-corrected chi connectivity index (χ0v) is 13.4. The molecule has 0 spiro atoms. The first kappa shape index (κ1) is 14.9. The predicted molar refractivity (Wildman–Crippen MR) is 81.8 cm³/mol. The van der Waals surface area contributed by atoms with Crippen molar-refractivity contribution in [2.24, 2.45) is 7.05 Å². The van der Waals surface area contributed by atoms with Gasteiger partial charge in [-0.3, -0.25) is 4.79 Å². The monoisotopic (exact) mass is 347 g/mol. The van der Waals surface area contributed by atoms with Crippen LogP contribution in [0.5, 0.6) is 0 Å². The van der Waals surface area contributed by atoms with E-state index in [-0.39, 0.29) is 10.8 Å². The zero-order chi connectivity index (χ0) is 14.0. The van der Waals surface area contributed by atoms with Crippen LogP contribution in [0.15, 0.2) is 15.5 Å². The molecular weight excluding hydrogens is 330 g/mol. The Bertz CT molecular complexity index is 522. The van der Waals surface area contributed by atoms with E-state index in [1.807, 2.05) is 0 Å². The van der Waals surface area contributed by atoms with E-state index in [4.69, 9.17) is 0 Å². The average molecular weight is 348 g/mol. The lowest BCUT2D eigenvalue weighted by molar-refractivity contribution is -0.0120. The van der Waals surface area contributed by atoms with Gasteiger partial charge in [-0.05, 0) is 34.5 Å². The number of nitrogens with zero attached hydrogens (tertiary/aromatic N) is 2. The van der Waals surface area contributed by atoms with Gasteiger partial charge in [0.25, 0.3) is 5.56 Å². The molecule has 19 heavy (non-hydrogen) atoms. The molecule has 5 nitrogen and oxygen atoms in total. The minimum absolute atomic E-state index is 0.190. The van der Waals surface area contributed by atoms with E-state index in [0.717, 1.165) is 18.6 Å². The van der Waals surface area contributed by atoms with Crippen LogP contribution in [0.25, 0.3) is 0 Å². The summed E-state index contributed by atoms with van der Waals surface area (Å²) in [7, 11) is 1.60. The average Bonchev–Trinajstić information content (AvgIpc) is 2.40. The number of nitrogens with one attached hydrogen (secondary N) is 1. The Morgan fingerprint density at radius 2 is 2.47 bits per heavy atom. The van der Waals surface area contributed by atoms with Gasteiger partial charge in [0.1, 0.15) is 4.47 Å². The molecule has 1 aromatic rings. The largest absolute Gasteiger partial charge is 0.387 e. The van der Waals surface area contributed by atoms with Crippen LogP contribution in [0.1, 0.15) is 19.8 Å². The van der Waals surface area contributed by atoms with Gasteiger partial charge in [0.05, 0.1) is 17.5 Å². The van der Waals surface area contributed by atoms with Crippen molar-refractivity contribution in [3.63, 3.8) is 0 Å². The number of hydrogen-bond acceptors (Lipinski definition) is 5. The molecule has 1 aliphatic rings. The number of aromatic nitrogens is 2. The molecule has 1 fully saturated rings. The predicted octanol–water partition coefficient (Wildman–Crippen LogP) is 1.60. The Hall–Kier alpha value is -0.530. The third kappa shape index (κ3) is 2.98. The molecule has 0 bridgehead atoms. The van der Waals surface area contributed by atoms with Gasteiger partial charge in [-0.25, -0.2) is 4.68 Å². The second kappa shape index (κ2) is 5.85. The van der Waals surface area contributed by atoms with E-state index < -0.39 is 5.60 Å². The Kier molecular flexibility index (Phi) is 4.58. The molecule has 0 unspecified atom stereocenters. The van der Waals surface area contributed by atoms with Gasteiger partial charge < -0.3 is 10.4 Å². The van der Waals surface area contributed by atoms with E-state index in [1.165, 1.54) is 4.68 Å². The highest BCUT2D eigenvalue weighted by Crippen LogP contribution is 2.41. The molecule has 0 aliphatic heterocycles. The summed E-state index contributed by atoms with van der Waals surface area (Å²) in [5.41, 5.74) is -0.241. The quantitative estimate of drug-likeness (QED) is 0.846. The van der Waals surface area contributed by atoms with Crippen molar-refractivity contribution in [1.29, 1.82) is 0 Å². The van der Waals surface area contributed by atoms with Crippen molar-refractivity contribution < 1.29 is 5.11 Å². The molecule has 2 atom stereocenters. The molecule has 0 aromatic carbocycles. The molecule has 0 saturated heterocycles. The summed E-state index contributed by atoms with van der Waals surface area (Å²) in [6.07, 6.45) is 3.44. The normalized spacial score (nSPS) is 26.0. The summed E-state index contributed by atoms with van der Waals surface area (Å²) in [5, 5.41) is 17.8.